The number of nitrogens with zero attached hydrogens (tertiary/aromatic N) is 1. The van der Waals surface area contributed by atoms with Gasteiger partial charge in [0.1, 0.15) is 19.3 Å². The van der Waals surface area contributed by atoms with Crippen molar-refractivity contribution in [3.8, 4) is 11.5 Å². The van der Waals surface area contributed by atoms with Crippen LogP contribution in [-0.4, -0.2) is 43.3 Å². The van der Waals surface area contributed by atoms with Crippen LogP contribution in [0.5, 0.6) is 11.5 Å². The van der Waals surface area contributed by atoms with Gasteiger partial charge in [-0.1, -0.05) is 36.4 Å². The molecule has 2 aliphatic rings. The number of likely N-dealkylation sites (tertiary alicyclic amines) is 1. The van der Waals surface area contributed by atoms with Gasteiger partial charge in [-0.2, -0.15) is 0 Å². The zero-order valence-corrected chi connectivity index (χ0v) is 14.7. The average Bonchev–Trinajstić information content (AvgIpc) is 3.09. The normalized spacial score (nSPS) is 19.3. The Morgan fingerprint density at radius 2 is 1.85 bits per heavy atom. The number of fused-ring (bicyclic) bond motifs is 1. The summed E-state index contributed by atoms with van der Waals surface area (Å²) < 4.78 is 16.7. The Morgan fingerprint density at radius 1 is 1.04 bits per heavy atom. The maximum Gasteiger partial charge on any atom is 0.310 e. The minimum absolute atomic E-state index is 0.0246. The highest BCUT2D eigenvalue weighted by Gasteiger charge is 2.25. The van der Waals surface area contributed by atoms with Gasteiger partial charge < -0.3 is 14.2 Å². The van der Waals surface area contributed by atoms with Crippen LogP contribution >= 0.6 is 0 Å². The molecule has 0 radical (unpaired) electrons. The molecule has 0 aliphatic carbocycles. The van der Waals surface area contributed by atoms with Gasteiger partial charge in [-0.15, -0.1) is 0 Å². The van der Waals surface area contributed by atoms with E-state index in [4.69, 9.17) is 14.2 Å². The molecule has 136 valence electrons. The third-order valence-electron chi connectivity index (χ3n) is 4.73. The van der Waals surface area contributed by atoms with Crippen molar-refractivity contribution in [3.63, 3.8) is 0 Å². The molecule has 0 amide bonds. The lowest BCUT2D eigenvalue weighted by molar-refractivity contribution is -0.147. The molecular weight excluding hydrogens is 330 g/mol. The zero-order valence-electron chi connectivity index (χ0n) is 14.7. The van der Waals surface area contributed by atoms with E-state index in [0.717, 1.165) is 37.4 Å². The minimum Gasteiger partial charge on any atom is -0.486 e. The molecule has 2 aromatic rings. The molecule has 0 aromatic heterocycles. The van der Waals surface area contributed by atoms with E-state index in [-0.39, 0.29) is 18.5 Å². The fraction of sp³-hybridized carbons (Fsp3) is 0.381. The van der Waals surface area contributed by atoms with Gasteiger partial charge in [0.2, 0.25) is 0 Å². The first-order chi connectivity index (χ1) is 12.8. The number of esters is 1. The second-order valence-corrected chi connectivity index (χ2v) is 6.78. The Morgan fingerprint density at radius 3 is 2.69 bits per heavy atom. The smallest absolute Gasteiger partial charge is 0.310 e. The van der Waals surface area contributed by atoms with E-state index in [2.05, 4.69) is 29.2 Å². The summed E-state index contributed by atoms with van der Waals surface area (Å²) in [6.07, 6.45) is 1.12. The van der Waals surface area contributed by atoms with Crippen LogP contribution in [0.4, 0.5) is 0 Å². The second kappa shape index (κ2) is 7.79. The van der Waals surface area contributed by atoms with E-state index < -0.39 is 0 Å². The van der Waals surface area contributed by atoms with Crippen molar-refractivity contribution in [2.24, 2.45) is 0 Å². The van der Waals surface area contributed by atoms with Crippen molar-refractivity contribution in [3.05, 3.63) is 59.7 Å². The highest BCUT2D eigenvalue weighted by molar-refractivity contribution is 5.73. The van der Waals surface area contributed by atoms with Gasteiger partial charge in [0, 0.05) is 19.6 Å². The molecule has 1 fully saturated rings. The lowest BCUT2D eigenvalue weighted by Crippen LogP contribution is -2.25. The topological polar surface area (TPSA) is 48.0 Å². The molecule has 26 heavy (non-hydrogen) atoms. The Kier molecular flexibility index (Phi) is 5.07. The number of rotatable bonds is 5. The Balaban J connectivity index is 1.27. The highest BCUT2D eigenvalue weighted by atomic mass is 16.6. The first-order valence-electron chi connectivity index (χ1n) is 9.10. The Bertz CT molecular complexity index is 762. The van der Waals surface area contributed by atoms with E-state index in [9.17, 15) is 4.79 Å². The van der Waals surface area contributed by atoms with E-state index in [1.165, 1.54) is 5.56 Å². The Hall–Kier alpha value is -2.53. The van der Waals surface area contributed by atoms with Crippen molar-refractivity contribution in [1.82, 2.24) is 4.90 Å². The van der Waals surface area contributed by atoms with Gasteiger partial charge in [0.05, 0.1) is 6.42 Å². The average molecular weight is 353 g/mol. The first-order valence-corrected chi connectivity index (χ1v) is 9.10. The molecule has 2 heterocycles. The molecule has 5 heteroatoms. The number of carbonyl (C=O) groups excluding carboxylic acids is 1. The van der Waals surface area contributed by atoms with Crippen LogP contribution < -0.4 is 9.47 Å². The fourth-order valence-electron chi connectivity index (χ4n) is 3.47. The third-order valence-corrected chi connectivity index (χ3v) is 4.73. The molecule has 0 saturated carbocycles. The zero-order chi connectivity index (χ0) is 17.8. The minimum atomic E-state index is -0.187. The predicted molar refractivity (Wildman–Crippen MR) is 97.4 cm³/mol. The van der Waals surface area contributed by atoms with Crippen LogP contribution in [0.3, 0.4) is 0 Å². The summed E-state index contributed by atoms with van der Waals surface area (Å²) in [5, 5.41) is 0. The molecule has 1 unspecified atom stereocenters. The van der Waals surface area contributed by atoms with E-state index in [1.54, 1.807) is 0 Å². The molecule has 1 saturated heterocycles. The van der Waals surface area contributed by atoms with Gasteiger partial charge in [-0.3, -0.25) is 9.69 Å². The van der Waals surface area contributed by atoms with Gasteiger partial charge in [-0.25, -0.2) is 0 Å². The number of carbonyl (C=O) groups is 1. The number of hydrogen-bond acceptors (Lipinski definition) is 5. The Labute approximate surface area is 153 Å². The third kappa shape index (κ3) is 4.17. The van der Waals surface area contributed by atoms with Gasteiger partial charge in [-0.05, 0) is 29.7 Å². The molecule has 1 atom stereocenters. The molecule has 0 N–H and O–H groups in total. The van der Waals surface area contributed by atoms with Crippen molar-refractivity contribution < 1.29 is 19.0 Å². The number of ether oxygens (including phenoxy) is 3. The van der Waals surface area contributed by atoms with Crippen molar-refractivity contribution in [2.45, 2.75) is 25.5 Å². The SMILES string of the molecule is O=C(Cc1ccc2c(c1)OCCO2)OC1CCN(Cc2ccccc2)C1. The summed E-state index contributed by atoms with van der Waals surface area (Å²) in [5.41, 5.74) is 2.18. The largest absolute Gasteiger partial charge is 0.486 e. The summed E-state index contributed by atoms with van der Waals surface area (Å²) >= 11 is 0. The molecule has 4 rings (SSSR count). The van der Waals surface area contributed by atoms with E-state index in [1.807, 2.05) is 24.3 Å². The van der Waals surface area contributed by atoms with Crippen molar-refractivity contribution >= 4 is 5.97 Å². The van der Waals surface area contributed by atoms with E-state index >= 15 is 0 Å². The highest BCUT2D eigenvalue weighted by Crippen LogP contribution is 2.31. The van der Waals surface area contributed by atoms with Crippen LogP contribution in [0.1, 0.15) is 17.5 Å². The van der Waals surface area contributed by atoms with Crippen LogP contribution in [0.15, 0.2) is 48.5 Å². The van der Waals surface area contributed by atoms with Crippen LogP contribution in [0, 0.1) is 0 Å². The molecule has 2 aliphatic heterocycles. The monoisotopic (exact) mass is 353 g/mol. The lowest BCUT2D eigenvalue weighted by atomic mass is 10.1. The number of hydrogen-bond donors (Lipinski definition) is 0. The van der Waals surface area contributed by atoms with Gasteiger partial charge in [0.15, 0.2) is 11.5 Å². The summed E-state index contributed by atoms with van der Waals surface area (Å²) in [5.74, 6) is 1.26. The second-order valence-electron chi connectivity index (χ2n) is 6.78. The van der Waals surface area contributed by atoms with E-state index in [0.29, 0.717) is 19.0 Å². The maximum atomic E-state index is 12.3. The van der Waals surface area contributed by atoms with Crippen molar-refractivity contribution in [2.75, 3.05) is 26.3 Å². The van der Waals surface area contributed by atoms with Crippen LogP contribution in [0.25, 0.3) is 0 Å². The first kappa shape index (κ1) is 16.9. The summed E-state index contributed by atoms with van der Waals surface area (Å²) in [6.45, 7) is 3.76. The standard InChI is InChI=1S/C21H23NO4/c23-21(13-17-6-7-19-20(12-17)25-11-10-24-19)26-18-8-9-22(15-18)14-16-4-2-1-3-5-16/h1-7,12,18H,8-11,13-15H2. The fourth-order valence-corrected chi connectivity index (χ4v) is 3.47. The number of benzene rings is 2. The van der Waals surface area contributed by atoms with Gasteiger partial charge in [0.25, 0.3) is 0 Å². The van der Waals surface area contributed by atoms with Crippen LogP contribution in [-0.2, 0) is 22.5 Å². The molecule has 5 nitrogen and oxygen atoms in total. The molecular formula is C21H23NO4. The molecule has 0 bridgehead atoms. The van der Waals surface area contributed by atoms with Crippen LogP contribution in [0.2, 0.25) is 0 Å². The quantitative estimate of drug-likeness (QED) is 0.774. The summed E-state index contributed by atoms with van der Waals surface area (Å²) in [4.78, 5) is 14.6. The maximum absolute atomic E-state index is 12.3. The van der Waals surface area contributed by atoms with Gasteiger partial charge >= 0.3 is 5.97 Å². The summed E-state index contributed by atoms with van der Waals surface area (Å²) in [6, 6.07) is 16.0. The summed E-state index contributed by atoms with van der Waals surface area (Å²) in [7, 11) is 0. The lowest BCUT2D eigenvalue weighted by Gasteiger charge is -2.19. The molecule has 2 aromatic carbocycles. The van der Waals surface area contributed by atoms with Crippen molar-refractivity contribution in [1.29, 1.82) is 0 Å². The molecule has 0 spiro atoms. The predicted octanol–water partition coefficient (Wildman–Crippen LogP) is 2.82.